The van der Waals surface area contributed by atoms with Crippen molar-refractivity contribution in [3.05, 3.63) is 21.4 Å². The fourth-order valence-corrected chi connectivity index (χ4v) is 3.02. The van der Waals surface area contributed by atoms with Gasteiger partial charge in [-0.1, -0.05) is 0 Å². The Morgan fingerprint density at radius 1 is 1.25 bits per heavy atom. The lowest BCUT2D eigenvalue weighted by Crippen LogP contribution is -1.83. The van der Waals surface area contributed by atoms with Crippen molar-refractivity contribution < 1.29 is 0 Å². The van der Waals surface area contributed by atoms with Crippen LogP contribution < -0.4 is 0 Å². The van der Waals surface area contributed by atoms with Gasteiger partial charge >= 0.3 is 0 Å². The molecule has 0 unspecified atom stereocenters. The molecule has 12 heavy (non-hydrogen) atoms. The molecule has 0 spiro atoms. The number of aryl methyl sites for hydroxylation is 1. The van der Waals surface area contributed by atoms with E-state index in [9.17, 15) is 0 Å². The van der Waals surface area contributed by atoms with E-state index >= 15 is 0 Å². The quantitative estimate of drug-likeness (QED) is 0.757. The van der Waals surface area contributed by atoms with Gasteiger partial charge in [-0.25, -0.2) is 0 Å². The Labute approximate surface area is 80.7 Å². The van der Waals surface area contributed by atoms with Crippen molar-refractivity contribution in [3.63, 3.8) is 0 Å². The van der Waals surface area contributed by atoms with Crippen LogP contribution in [0.1, 0.15) is 42.1 Å². The number of hydrogen-bond donors (Lipinski definition) is 1. The maximum Gasteiger partial charge on any atom is 0.0420 e. The maximum absolute atomic E-state index is 3.71. The predicted octanol–water partition coefficient (Wildman–Crippen LogP) is 3.14. The molecule has 0 bridgehead atoms. The zero-order valence-corrected chi connectivity index (χ0v) is 8.58. The molecule has 2 aliphatic rings. The van der Waals surface area contributed by atoms with Crippen LogP contribution in [0.2, 0.25) is 0 Å². The van der Waals surface area contributed by atoms with E-state index in [0.29, 0.717) is 0 Å². The Bertz CT molecular complexity index is 323. The zero-order valence-electron chi connectivity index (χ0n) is 6.99. The summed E-state index contributed by atoms with van der Waals surface area (Å²) >= 11 is 3.71. The smallest absolute Gasteiger partial charge is 0.0420 e. The number of halogens is 1. The lowest BCUT2D eigenvalue weighted by atomic mass is 10.2. The molecule has 1 N–H and O–H groups in total. The number of aromatic nitrogens is 1. The first-order valence-corrected chi connectivity index (χ1v) is 5.54. The van der Waals surface area contributed by atoms with Crippen LogP contribution in [0.5, 0.6) is 0 Å². The van der Waals surface area contributed by atoms with E-state index in [4.69, 9.17) is 0 Å². The minimum Gasteiger partial charge on any atom is -0.361 e. The van der Waals surface area contributed by atoms with Gasteiger partial charge in [-0.2, -0.15) is 0 Å². The van der Waals surface area contributed by atoms with Crippen LogP contribution in [0.3, 0.4) is 0 Å². The second kappa shape index (κ2) is 2.38. The van der Waals surface area contributed by atoms with E-state index in [2.05, 4.69) is 20.9 Å². The van der Waals surface area contributed by atoms with E-state index in [1.54, 1.807) is 5.56 Å². The average Bonchev–Trinajstić information content (AvgIpc) is 2.71. The molecule has 2 aliphatic carbocycles. The molecular weight excluding hydrogens is 214 g/mol. The second-order valence-corrected chi connectivity index (χ2v) is 4.73. The van der Waals surface area contributed by atoms with E-state index in [-0.39, 0.29) is 0 Å². The number of hydrogen-bond acceptors (Lipinski definition) is 0. The molecule has 1 aromatic rings. The van der Waals surface area contributed by atoms with Gasteiger partial charge in [-0.3, -0.25) is 0 Å². The van der Waals surface area contributed by atoms with Gasteiger partial charge in [0.1, 0.15) is 0 Å². The van der Waals surface area contributed by atoms with Gasteiger partial charge in [0.2, 0.25) is 0 Å². The molecule has 1 heterocycles. The summed E-state index contributed by atoms with van der Waals surface area (Å²) in [7, 11) is 0. The van der Waals surface area contributed by atoms with Crippen LogP contribution in [-0.4, -0.2) is 4.98 Å². The highest BCUT2D eigenvalue weighted by Gasteiger charge is 2.30. The SMILES string of the molecule is Brc1c(C2CC2)[nH]c2c1CCC2. The Kier molecular flexibility index (Phi) is 1.43. The maximum atomic E-state index is 3.71. The molecule has 1 nitrogen and oxygen atoms in total. The van der Waals surface area contributed by atoms with E-state index < -0.39 is 0 Å². The first-order chi connectivity index (χ1) is 5.86. The van der Waals surface area contributed by atoms with Crippen LogP contribution >= 0.6 is 15.9 Å². The Hall–Kier alpha value is -0.240. The Morgan fingerprint density at radius 2 is 2.08 bits per heavy atom. The topological polar surface area (TPSA) is 15.8 Å². The van der Waals surface area contributed by atoms with Gasteiger partial charge < -0.3 is 4.98 Å². The van der Waals surface area contributed by atoms with Crippen LogP contribution in [0.4, 0.5) is 0 Å². The third-order valence-electron chi connectivity index (χ3n) is 2.99. The van der Waals surface area contributed by atoms with Gasteiger partial charge in [0.05, 0.1) is 0 Å². The first-order valence-electron chi connectivity index (χ1n) is 4.75. The van der Waals surface area contributed by atoms with Crippen molar-refractivity contribution in [3.8, 4) is 0 Å². The molecule has 64 valence electrons. The summed E-state index contributed by atoms with van der Waals surface area (Å²) in [4.78, 5) is 3.58. The molecule has 1 aromatic heterocycles. The van der Waals surface area contributed by atoms with Crippen LogP contribution in [0, 0.1) is 0 Å². The van der Waals surface area contributed by atoms with E-state index in [0.717, 1.165) is 5.92 Å². The van der Waals surface area contributed by atoms with Gasteiger partial charge in [0.15, 0.2) is 0 Å². The highest BCUT2D eigenvalue weighted by Crippen LogP contribution is 2.45. The average molecular weight is 226 g/mol. The highest BCUT2D eigenvalue weighted by atomic mass is 79.9. The molecule has 0 radical (unpaired) electrons. The first kappa shape index (κ1) is 7.19. The summed E-state index contributed by atoms with van der Waals surface area (Å²) in [6, 6.07) is 0. The Balaban J connectivity index is 2.10. The zero-order chi connectivity index (χ0) is 8.13. The molecular formula is C10H12BrN. The monoisotopic (exact) mass is 225 g/mol. The number of aromatic amines is 1. The largest absolute Gasteiger partial charge is 0.361 e. The van der Waals surface area contributed by atoms with Gasteiger partial charge in [-0.15, -0.1) is 0 Å². The summed E-state index contributed by atoms with van der Waals surface area (Å²) in [6.07, 6.45) is 6.65. The third-order valence-corrected chi connectivity index (χ3v) is 3.90. The van der Waals surface area contributed by atoms with Crippen LogP contribution in [-0.2, 0) is 12.8 Å². The normalized spacial score (nSPS) is 21.4. The van der Waals surface area contributed by atoms with Crippen molar-refractivity contribution in [1.29, 1.82) is 0 Å². The van der Waals surface area contributed by atoms with Crippen molar-refractivity contribution in [2.24, 2.45) is 0 Å². The van der Waals surface area contributed by atoms with Gasteiger partial charge in [0.25, 0.3) is 0 Å². The predicted molar refractivity (Wildman–Crippen MR) is 52.5 cm³/mol. The number of nitrogens with one attached hydrogen (secondary N) is 1. The number of H-pyrrole nitrogens is 1. The summed E-state index contributed by atoms with van der Waals surface area (Å²) in [5.41, 5.74) is 4.56. The van der Waals surface area contributed by atoms with E-state index in [1.807, 2.05) is 0 Å². The minimum absolute atomic E-state index is 0.852. The molecule has 0 amide bonds. The lowest BCUT2D eigenvalue weighted by molar-refractivity contribution is 0.874. The molecule has 0 atom stereocenters. The summed E-state index contributed by atoms with van der Waals surface area (Å²) in [5.74, 6) is 0.852. The van der Waals surface area contributed by atoms with Crippen molar-refractivity contribution in [1.82, 2.24) is 4.98 Å². The summed E-state index contributed by atoms with van der Waals surface area (Å²) < 4.78 is 1.40. The van der Waals surface area contributed by atoms with Crippen LogP contribution in [0.25, 0.3) is 0 Å². The van der Waals surface area contributed by atoms with Crippen LogP contribution in [0.15, 0.2) is 4.47 Å². The lowest BCUT2D eigenvalue weighted by Gasteiger charge is -1.95. The number of rotatable bonds is 1. The van der Waals surface area contributed by atoms with E-state index in [1.165, 1.54) is 48.0 Å². The second-order valence-electron chi connectivity index (χ2n) is 3.94. The van der Waals surface area contributed by atoms with Gasteiger partial charge in [0, 0.05) is 21.8 Å². The van der Waals surface area contributed by atoms with Gasteiger partial charge in [-0.05, 0) is 53.6 Å². The summed E-state index contributed by atoms with van der Waals surface area (Å²) in [5, 5.41) is 0. The fourth-order valence-electron chi connectivity index (χ4n) is 2.16. The molecule has 0 aliphatic heterocycles. The molecule has 1 saturated carbocycles. The van der Waals surface area contributed by atoms with Crippen molar-refractivity contribution >= 4 is 15.9 Å². The molecule has 3 rings (SSSR count). The summed E-state index contributed by atoms with van der Waals surface area (Å²) in [6.45, 7) is 0. The van der Waals surface area contributed by atoms with Crippen molar-refractivity contribution in [2.75, 3.05) is 0 Å². The Morgan fingerprint density at radius 3 is 2.75 bits per heavy atom. The highest BCUT2D eigenvalue weighted by molar-refractivity contribution is 9.10. The molecule has 0 saturated heterocycles. The molecule has 0 aromatic carbocycles. The standard InChI is InChI=1S/C10H12BrN/c11-9-7-2-1-3-8(7)12-10(9)6-4-5-6/h6,12H,1-5H2. The minimum atomic E-state index is 0.852. The van der Waals surface area contributed by atoms with Crippen molar-refractivity contribution in [2.45, 2.75) is 38.0 Å². The fraction of sp³-hybridized carbons (Fsp3) is 0.600. The molecule has 1 fully saturated rings. The number of fused-ring (bicyclic) bond motifs is 1. The third kappa shape index (κ3) is 0.905. The molecule has 2 heteroatoms.